The van der Waals surface area contributed by atoms with Crippen molar-refractivity contribution >= 4 is 0 Å². The van der Waals surface area contributed by atoms with Crippen molar-refractivity contribution < 1.29 is 17.9 Å². The lowest BCUT2D eigenvalue weighted by atomic mass is 10.1. The maximum Gasteiger partial charge on any atom is 0.408 e. The Kier molecular flexibility index (Phi) is 5.27. The zero-order valence-corrected chi connectivity index (χ0v) is 14.1. The van der Waals surface area contributed by atoms with E-state index in [1.807, 2.05) is 24.3 Å². The van der Waals surface area contributed by atoms with Gasteiger partial charge in [-0.1, -0.05) is 12.1 Å². The van der Waals surface area contributed by atoms with Crippen LogP contribution in [0, 0.1) is 0 Å². The summed E-state index contributed by atoms with van der Waals surface area (Å²) >= 11 is 0. The second kappa shape index (κ2) is 7.43. The van der Waals surface area contributed by atoms with Crippen LogP contribution in [0.1, 0.15) is 30.1 Å². The molecule has 136 valence electrons. The van der Waals surface area contributed by atoms with Gasteiger partial charge in [-0.3, -0.25) is 4.90 Å². The number of methoxy groups -OCH3 is 1. The van der Waals surface area contributed by atoms with Crippen molar-refractivity contribution in [3.8, 4) is 5.75 Å². The van der Waals surface area contributed by atoms with Gasteiger partial charge in [-0.15, -0.1) is 0 Å². The molecule has 8 heteroatoms. The molecule has 0 spiro atoms. The predicted molar refractivity (Wildman–Crippen MR) is 86.4 cm³/mol. The van der Waals surface area contributed by atoms with Crippen LogP contribution >= 0.6 is 0 Å². The van der Waals surface area contributed by atoms with E-state index < -0.39 is 12.7 Å². The highest BCUT2D eigenvalue weighted by atomic mass is 19.4. The maximum atomic E-state index is 12.8. The summed E-state index contributed by atoms with van der Waals surface area (Å²) in [6.45, 7) is 1.09. The average Bonchev–Trinajstić information content (AvgIpc) is 3.18. The zero-order valence-electron chi connectivity index (χ0n) is 14.1. The second-order valence-electron chi connectivity index (χ2n) is 6.23. The number of rotatable bonds is 6. The Balaban J connectivity index is 1.78. The minimum Gasteiger partial charge on any atom is -0.497 e. The van der Waals surface area contributed by atoms with Gasteiger partial charge in [0, 0.05) is 6.42 Å². The monoisotopic (exact) mass is 354 g/mol. The first-order chi connectivity index (χ1) is 11.9. The molecule has 2 aromatic rings. The van der Waals surface area contributed by atoms with Crippen LogP contribution in [0.3, 0.4) is 0 Å². The third kappa shape index (κ3) is 4.94. The van der Waals surface area contributed by atoms with Crippen LogP contribution in [0.25, 0.3) is 0 Å². The molecule has 0 atom stereocenters. The molecule has 25 heavy (non-hydrogen) atoms. The first kappa shape index (κ1) is 17.7. The fourth-order valence-corrected chi connectivity index (χ4v) is 2.98. The van der Waals surface area contributed by atoms with Gasteiger partial charge in [-0.05, 0) is 43.6 Å². The molecule has 1 saturated heterocycles. The van der Waals surface area contributed by atoms with E-state index in [9.17, 15) is 13.2 Å². The zero-order chi connectivity index (χ0) is 17.9. The molecule has 0 N–H and O–H groups in total. The molecule has 1 aromatic heterocycles. The van der Waals surface area contributed by atoms with E-state index in [4.69, 9.17) is 4.74 Å². The third-order valence-electron chi connectivity index (χ3n) is 4.21. The van der Waals surface area contributed by atoms with Crippen LogP contribution in [-0.4, -0.2) is 46.0 Å². The van der Waals surface area contributed by atoms with Gasteiger partial charge in [0.25, 0.3) is 0 Å². The first-order valence-electron chi connectivity index (χ1n) is 8.27. The maximum absolute atomic E-state index is 12.8. The largest absolute Gasteiger partial charge is 0.497 e. The summed E-state index contributed by atoms with van der Waals surface area (Å²) < 4.78 is 44.6. The quantitative estimate of drug-likeness (QED) is 0.800. The van der Waals surface area contributed by atoms with E-state index in [0.717, 1.165) is 41.9 Å². The minimum atomic E-state index is -4.31. The Bertz CT molecular complexity index is 691. The van der Waals surface area contributed by atoms with Gasteiger partial charge in [0.2, 0.25) is 0 Å². The van der Waals surface area contributed by atoms with Crippen molar-refractivity contribution in [2.45, 2.75) is 38.5 Å². The van der Waals surface area contributed by atoms with Gasteiger partial charge < -0.3 is 4.74 Å². The van der Waals surface area contributed by atoms with Crippen molar-refractivity contribution in [2.75, 3.05) is 20.2 Å². The molecule has 1 aliphatic heterocycles. The number of aromatic nitrogens is 3. The Morgan fingerprint density at radius 2 is 1.80 bits per heavy atom. The molecule has 0 saturated carbocycles. The van der Waals surface area contributed by atoms with Crippen LogP contribution in [0.2, 0.25) is 0 Å². The number of halogens is 3. The van der Waals surface area contributed by atoms with Crippen molar-refractivity contribution in [3.63, 3.8) is 0 Å². The number of hydrogen-bond acceptors (Lipinski definition) is 4. The van der Waals surface area contributed by atoms with E-state index >= 15 is 0 Å². The van der Waals surface area contributed by atoms with Crippen LogP contribution < -0.4 is 4.74 Å². The van der Waals surface area contributed by atoms with Gasteiger partial charge in [0.05, 0.1) is 13.7 Å². The SMILES string of the molecule is COc1ccc(Cc2nc(CN3CCCC3)n(CC(F)(F)F)n2)cc1. The van der Waals surface area contributed by atoms with Gasteiger partial charge in [-0.2, -0.15) is 18.3 Å². The third-order valence-corrected chi connectivity index (χ3v) is 4.21. The fourth-order valence-electron chi connectivity index (χ4n) is 2.98. The molecule has 0 aliphatic carbocycles. The number of benzene rings is 1. The summed E-state index contributed by atoms with van der Waals surface area (Å²) in [5, 5.41) is 4.10. The van der Waals surface area contributed by atoms with E-state index in [0.29, 0.717) is 24.6 Å². The summed E-state index contributed by atoms with van der Waals surface area (Å²) in [4.78, 5) is 6.49. The Hall–Kier alpha value is -2.09. The molecule has 1 fully saturated rings. The Morgan fingerprint density at radius 1 is 1.12 bits per heavy atom. The van der Waals surface area contributed by atoms with Crippen molar-refractivity contribution in [1.29, 1.82) is 0 Å². The van der Waals surface area contributed by atoms with Crippen LogP contribution in [-0.2, 0) is 19.5 Å². The molecule has 0 radical (unpaired) electrons. The molecule has 1 aromatic carbocycles. The van der Waals surface area contributed by atoms with Gasteiger partial charge in [-0.25, -0.2) is 9.67 Å². The van der Waals surface area contributed by atoms with E-state index in [1.165, 1.54) is 0 Å². The molecule has 2 heterocycles. The number of hydrogen-bond donors (Lipinski definition) is 0. The molecule has 0 unspecified atom stereocenters. The Labute approximate surface area is 144 Å². The van der Waals surface area contributed by atoms with Crippen molar-refractivity contribution in [3.05, 3.63) is 41.5 Å². The van der Waals surface area contributed by atoms with Gasteiger partial charge in [0.1, 0.15) is 18.1 Å². The van der Waals surface area contributed by atoms with E-state index in [1.54, 1.807) is 7.11 Å². The smallest absolute Gasteiger partial charge is 0.408 e. The predicted octanol–water partition coefficient (Wildman–Crippen LogP) is 3.04. The number of alkyl halides is 3. The van der Waals surface area contributed by atoms with Crippen LogP contribution in [0.15, 0.2) is 24.3 Å². The lowest BCUT2D eigenvalue weighted by Gasteiger charge is -2.15. The summed E-state index contributed by atoms with van der Waals surface area (Å²) in [5.74, 6) is 1.51. The normalized spacial score (nSPS) is 15.7. The molecule has 1 aliphatic rings. The second-order valence-corrected chi connectivity index (χ2v) is 6.23. The summed E-state index contributed by atoms with van der Waals surface area (Å²) in [5.41, 5.74) is 0.928. The summed E-state index contributed by atoms with van der Waals surface area (Å²) in [6, 6.07) is 7.35. The molecular weight excluding hydrogens is 333 g/mol. The highest BCUT2D eigenvalue weighted by Gasteiger charge is 2.31. The number of ether oxygens (including phenoxy) is 1. The number of nitrogens with zero attached hydrogens (tertiary/aromatic N) is 4. The summed E-state index contributed by atoms with van der Waals surface area (Å²) in [7, 11) is 1.58. The highest BCUT2D eigenvalue weighted by Crippen LogP contribution is 2.20. The molecule has 0 amide bonds. The summed E-state index contributed by atoms with van der Waals surface area (Å²) in [6.07, 6.45) is -1.77. The van der Waals surface area contributed by atoms with Crippen molar-refractivity contribution in [2.24, 2.45) is 0 Å². The van der Waals surface area contributed by atoms with Crippen molar-refractivity contribution in [1.82, 2.24) is 19.7 Å². The van der Waals surface area contributed by atoms with Gasteiger partial charge >= 0.3 is 6.18 Å². The molecule has 3 rings (SSSR count). The lowest BCUT2D eigenvalue weighted by molar-refractivity contribution is -0.143. The number of likely N-dealkylation sites (tertiary alicyclic amines) is 1. The standard InChI is InChI=1S/C17H21F3N4O/c1-25-14-6-4-13(5-7-14)10-15-21-16(11-23-8-2-3-9-23)24(22-15)12-17(18,19)20/h4-7H,2-3,8-12H2,1H3. The topological polar surface area (TPSA) is 43.2 Å². The van der Waals surface area contributed by atoms with Crippen LogP contribution in [0.5, 0.6) is 5.75 Å². The first-order valence-corrected chi connectivity index (χ1v) is 8.27. The highest BCUT2D eigenvalue weighted by molar-refractivity contribution is 5.28. The minimum absolute atomic E-state index is 0.378. The average molecular weight is 354 g/mol. The molecular formula is C17H21F3N4O. The van der Waals surface area contributed by atoms with E-state index in [2.05, 4.69) is 15.0 Å². The Morgan fingerprint density at radius 3 is 2.40 bits per heavy atom. The molecule has 0 bridgehead atoms. The van der Waals surface area contributed by atoms with Crippen LogP contribution in [0.4, 0.5) is 13.2 Å². The fraction of sp³-hybridized carbons (Fsp3) is 0.529. The van der Waals surface area contributed by atoms with E-state index in [-0.39, 0.29) is 0 Å². The van der Waals surface area contributed by atoms with Gasteiger partial charge in [0.15, 0.2) is 5.82 Å². The molecule has 5 nitrogen and oxygen atoms in total. The lowest BCUT2D eigenvalue weighted by Crippen LogP contribution is -2.25.